The Kier molecular flexibility index (Phi) is 3.93. The predicted molar refractivity (Wildman–Crippen MR) is 64.0 cm³/mol. The van der Waals surface area contributed by atoms with E-state index < -0.39 is 10.0 Å². The Labute approximate surface area is 101 Å². The summed E-state index contributed by atoms with van der Waals surface area (Å²) in [5, 5.41) is 9.39. The van der Waals surface area contributed by atoms with Crippen LogP contribution in [0.4, 0.5) is 0 Å². The lowest BCUT2D eigenvalue weighted by Gasteiger charge is -2.13. The third-order valence-corrected chi connectivity index (χ3v) is 4.05. The average molecular weight is 256 g/mol. The SMILES string of the molecule is O=S(=O)(NCCC1=CCNCC1)c1ccn[nH]1. The van der Waals surface area contributed by atoms with Gasteiger partial charge in [0, 0.05) is 13.1 Å². The maximum Gasteiger partial charge on any atom is 0.257 e. The molecule has 0 bridgehead atoms. The number of sulfonamides is 1. The van der Waals surface area contributed by atoms with E-state index >= 15 is 0 Å². The average Bonchev–Trinajstić information content (AvgIpc) is 2.84. The van der Waals surface area contributed by atoms with Crippen molar-refractivity contribution >= 4 is 10.0 Å². The molecule has 7 heteroatoms. The smallest absolute Gasteiger partial charge is 0.257 e. The highest BCUT2D eigenvalue weighted by atomic mass is 32.2. The van der Waals surface area contributed by atoms with E-state index in [1.165, 1.54) is 17.8 Å². The molecule has 0 amide bonds. The minimum absolute atomic E-state index is 0.108. The summed E-state index contributed by atoms with van der Waals surface area (Å²) in [5.74, 6) is 0. The van der Waals surface area contributed by atoms with Crippen LogP contribution in [0.3, 0.4) is 0 Å². The van der Waals surface area contributed by atoms with Crippen molar-refractivity contribution in [2.45, 2.75) is 17.9 Å². The van der Waals surface area contributed by atoms with Crippen LogP contribution in [0.5, 0.6) is 0 Å². The van der Waals surface area contributed by atoms with E-state index in [0.29, 0.717) is 6.54 Å². The highest BCUT2D eigenvalue weighted by Crippen LogP contribution is 2.09. The van der Waals surface area contributed by atoms with Crippen LogP contribution in [0.25, 0.3) is 0 Å². The Morgan fingerprint density at radius 3 is 3.00 bits per heavy atom. The lowest BCUT2D eigenvalue weighted by Crippen LogP contribution is -2.27. The number of nitrogens with one attached hydrogen (secondary N) is 3. The molecule has 3 N–H and O–H groups in total. The Hall–Kier alpha value is -1.18. The second-order valence-corrected chi connectivity index (χ2v) is 5.62. The molecule has 0 unspecified atom stereocenters. The number of aromatic nitrogens is 2. The molecule has 0 saturated carbocycles. The molecule has 0 saturated heterocycles. The van der Waals surface area contributed by atoms with Gasteiger partial charge in [0.15, 0.2) is 5.03 Å². The van der Waals surface area contributed by atoms with Crippen LogP contribution in [0, 0.1) is 0 Å². The summed E-state index contributed by atoms with van der Waals surface area (Å²) in [5.41, 5.74) is 1.30. The standard InChI is InChI=1S/C10H16N4O2S/c15-17(16,10-4-7-12-14-10)13-8-3-9-1-5-11-6-2-9/h1,4,7,11,13H,2-3,5-6,8H2,(H,12,14). The van der Waals surface area contributed by atoms with Gasteiger partial charge in [-0.05, 0) is 25.5 Å². The van der Waals surface area contributed by atoms with Crippen molar-refractivity contribution in [3.8, 4) is 0 Å². The number of hydrogen-bond acceptors (Lipinski definition) is 4. The fourth-order valence-electron chi connectivity index (χ4n) is 1.71. The van der Waals surface area contributed by atoms with Crippen LogP contribution in [0.1, 0.15) is 12.8 Å². The summed E-state index contributed by atoms with van der Waals surface area (Å²) in [6.45, 7) is 2.27. The second-order valence-electron chi connectivity index (χ2n) is 3.89. The van der Waals surface area contributed by atoms with E-state index in [1.54, 1.807) is 0 Å². The summed E-state index contributed by atoms with van der Waals surface area (Å²) in [6.07, 6.45) is 5.29. The molecule has 0 spiro atoms. The first kappa shape index (κ1) is 12.3. The first-order valence-corrected chi connectivity index (χ1v) is 7.04. The maximum atomic E-state index is 11.7. The van der Waals surface area contributed by atoms with Gasteiger partial charge in [-0.1, -0.05) is 11.6 Å². The number of hydrogen-bond donors (Lipinski definition) is 3. The van der Waals surface area contributed by atoms with Crippen molar-refractivity contribution in [1.29, 1.82) is 0 Å². The number of H-pyrrole nitrogens is 1. The lowest BCUT2D eigenvalue weighted by molar-refractivity contribution is 0.575. The van der Waals surface area contributed by atoms with Gasteiger partial charge in [0.05, 0.1) is 6.20 Å². The molecule has 2 heterocycles. The Morgan fingerprint density at radius 1 is 1.47 bits per heavy atom. The molecule has 94 valence electrons. The minimum atomic E-state index is -3.43. The molecule has 6 nitrogen and oxygen atoms in total. The molecule has 1 aliphatic heterocycles. The summed E-state index contributed by atoms with van der Waals surface area (Å²) in [4.78, 5) is 0. The van der Waals surface area contributed by atoms with Gasteiger partial charge in [-0.2, -0.15) is 5.10 Å². The molecule has 17 heavy (non-hydrogen) atoms. The topological polar surface area (TPSA) is 86.9 Å². The van der Waals surface area contributed by atoms with Gasteiger partial charge >= 0.3 is 0 Å². The second kappa shape index (κ2) is 5.44. The van der Waals surface area contributed by atoms with Gasteiger partial charge in [0.1, 0.15) is 0 Å². The zero-order chi connectivity index (χ0) is 12.1. The molecule has 2 rings (SSSR count). The van der Waals surface area contributed by atoms with Crippen molar-refractivity contribution in [2.24, 2.45) is 0 Å². The number of aromatic amines is 1. The van der Waals surface area contributed by atoms with Gasteiger partial charge in [0.25, 0.3) is 10.0 Å². The Morgan fingerprint density at radius 2 is 2.35 bits per heavy atom. The Balaban J connectivity index is 1.84. The van der Waals surface area contributed by atoms with E-state index in [1.807, 2.05) is 0 Å². The highest BCUT2D eigenvalue weighted by molar-refractivity contribution is 7.89. The van der Waals surface area contributed by atoms with Crippen LogP contribution in [-0.4, -0.2) is 38.2 Å². The molecule has 0 radical (unpaired) electrons. The van der Waals surface area contributed by atoms with Crippen LogP contribution in [0.15, 0.2) is 28.9 Å². The fraction of sp³-hybridized carbons (Fsp3) is 0.500. The summed E-state index contributed by atoms with van der Waals surface area (Å²) in [7, 11) is -3.43. The van der Waals surface area contributed by atoms with E-state index in [4.69, 9.17) is 0 Å². The van der Waals surface area contributed by atoms with Gasteiger partial charge in [-0.15, -0.1) is 0 Å². The maximum absolute atomic E-state index is 11.7. The van der Waals surface area contributed by atoms with Crippen molar-refractivity contribution < 1.29 is 8.42 Å². The van der Waals surface area contributed by atoms with Crippen molar-refractivity contribution in [3.63, 3.8) is 0 Å². The number of nitrogens with zero attached hydrogens (tertiary/aromatic N) is 1. The molecule has 1 aliphatic rings. The van der Waals surface area contributed by atoms with E-state index in [-0.39, 0.29) is 5.03 Å². The lowest BCUT2D eigenvalue weighted by atomic mass is 10.1. The van der Waals surface area contributed by atoms with Crippen molar-refractivity contribution in [3.05, 3.63) is 23.9 Å². The summed E-state index contributed by atoms with van der Waals surface area (Å²) < 4.78 is 26.0. The quantitative estimate of drug-likeness (QED) is 0.647. The van der Waals surface area contributed by atoms with Gasteiger partial charge < -0.3 is 5.32 Å². The molecule has 0 atom stereocenters. The minimum Gasteiger partial charge on any atom is -0.313 e. The van der Waals surface area contributed by atoms with Crippen LogP contribution in [-0.2, 0) is 10.0 Å². The molecule has 0 aliphatic carbocycles. The monoisotopic (exact) mass is 256 g/mol. The zero-order valence-electron chi connectivity index (χ0n) is 9.44. The van der Waals surface area contributed by atoms with Gasteiger partial charge in [-0.25, -0.2) is 13.1 Å². The van der Waals surface area contributed by atoms with Crippen molar-refractivity contribution in [1.82, 2.24) is 20.2 Å². The van der Waals surface area contributed by atoms with Crippen LogP contribution >= 0.6 is 0 Å². The fourth-order valence-corrected chi connectivity index (χ4v) is 2.65. The molecule has 1 aromatic rings. The first-order chi connectivity index (χ1) is 8.18. The normalized spacial score (nSPS) is 16.8. The first-order valence-electron chi connectivity index (χ1n) is 5.56. The van der Waals surface area contributed by atoms with Crippen LogP contribution < -0.4 is 10.0 Å². The third kappa shape index (κ3) is 3.39. The van der Waals surface area contributed by atoms with Gasteiger partial charge in [0.2, 0.25) is 0 Å². The predicted octanol–water partition coefficient (Wildman–Crippen LogP) is -0.00220. The highest BCUT2D eigenvalue weighted by Gasteiger charge is 2.14. The third-order valence-electron chi connectivity index (χ3n) is 2.66. The van der Waals surface area contributed by atoms with E-state index in [2.05, 4.69) is 26.3 Å². The largest absolute Gasteiger partial charge is 0.313 e. The summed E-state index contributed by atoms with van der Waals surface area (Å²) in [6, 6.07) is 1.44. The zero-order valence-corrected chi connectivity index (χ0v) is 10.3. The van der Waals surface area contributed by atoms with Crippen molar-refractivity contribution in [2.75, 3.05) is 19.6 Å². The van der Waals surface area contributed by atoms with Crippen LogP contribution in [0.2, 0.25) is 0 Å². The van der Waals surface area contributed by atoms with Gasteiger partial charge in [-0.3, -0.25) is 5.10 Å². The number of rotatable bonds is 5. The molecular formula is C10H16N4O2S. The van der Waals surface area contributed by atoms with E-state index in [9.17, 15) is 8.42 Å². The van der Waals surface area contributed by atoms with E-state index in [0.717, 1.165) is 25.9 Å². The molecular weight excluding hydrogens is 240 g/mol. The summed E-state index contributed by atoms with van der Waals surface area (Å²) >= 11 is 0. The molecule has 0 aromatic carbocycles. The Bertz CT molecular complexity index is 478. The molecule has 1 aromatic heterocycles. The molecule has 0 fully saturated rings.